The molecule has 0 fully saturated rings. The van der Waals surface area contributed by atoms with Crippen LogP contribution >= 0.6 is 12.2 Å². The second-order valence-electron chi connectivity index (χ2n) is 4.63. The van der Waals surface area contributed by atoms with E-state index in [1.165, 1.54) is 18.2 Å². The summed E-state index contributed by atoms with van der Waals surface area (Å²) in [5, 5.41) is 21.1. The van der Waals surface area contributed by atoms with Gasteiger partial charge in [-0.1, -0.05) is 26.1 Å². The van der Waals surface area contributed by atoms with Gasteiger partial charge in [0, 0.05) is 17.5 Å². The highest BCUT2D eigenvalue weighted by Crippen LogP contribution is 2.24. The van der Waals surface area contributed by atoms with Crippen LogP contribution in [0, 0.1) is 5.41 Å². The molecule has 1 aromatic rings. The van der Waals surface area contributed by atoms with Gasteiger partial charge in [0.1, 0.15) is 0 Å². The zero-order valence-electron chi connectivity index (χ0n) is 10.2. The molecule has 5 N–H and O–H groups in total. The Bertz CT molecular complexity index is 486. The van der Waals surface area contributed by atoms with Crippen molar-refractivity contribution < 1.29 is 15.0 Å². The van der Waals surface area contributed by atoms with Crippen molar-refractivity contribution in [2.24, 2.45) is 11.1 Å². The Hall–Kier alpha value is -1.82. The van der Waals surface area contributed by atoms with Gasteiger partial charge < -0.3 is 21.3 Å². The second kappa shape index (κ2) is 5.22. The van der Waals surface area contributed by atoms with Crippen LogP contribution in [0.15, 0.2) is 18.2 Å². The third-order valence-corrected chi connectivity index (χ3v) is 3.15. The summed E-state index contributed by atoms with van der Waals surface area (Å²) >= 11 is 4.89. The minimum atomic E-state index is -0.482. The highest BCUT2D eigenvalue weighted by Gasteiger charge is 2.22. The van der Waals surface area contributed by atoms with Gasteiger partial charge in [0.25, 0.3) is 5.91 Å². The number of amides is 1. The first-order valence-corrected chi connectivity index (χ1v) is 5.75. The van der Waals surface area contributed by atoms with Crippen LogP contribution in [0.4, 0.5) is 0 Å². The monoisotopic (exact) mass is 268 g/mol. The molecule has 5 nitrogen and oxygen atoms in total. The normalized spacial score (nSPS) is 11.0. The van der Waals surface area contributed by atoms with Crippen LogP contribution in [0.2, 0.25) is 0 Å². The molecule has 0 aromatic heterocycles. The summed E-state index contributed by atoms with van der Waals surface area (Å²) in [6.45, 7) is 3.94. The highest BCUT2D eigenvalue weighted by atomic mass is 32.1. The third-order valence-electron chi connectivity index (χ3n) is 2.60. The van der Waals surface area contributed by atoms with Gasteiger partial charge in [-0.2, -0.15) is 0 Å². The minimum absolute atomic E-state index is 0.254. The number of hydrogen-bond donors (Lipinski definition) is 4. The number of nitrogens with two attached hydrogens (primary N) is 1. The fourth-order valence-corrected chi connectivity index (χ4v) is 1.23. The van der Waals surface area contributed by atoms with Crippen LogP contribution in [0.1, 0.15) is 24.2 Å². The average Bonchev–Trinajstić information content (AvgIpc) is 2.29. The molecule has 0 unspecified atom stereocenters. The van der Waals surface area contributed by atoms with E-state index in [2.05, 4.69) is 5.32 Å². The molecule has 0 aliphatic heterocycles. The molecule has 1 rings (SSSR count). The van der Waals surface area contributed by atoms with Gasteiger partial charge in [-0.05, 0) is 18.2 Å². The van der Waals surface area contributed by atoms with Crippen LogP contribution in [0.5, 0.6) is 11.5 Å². The lowest BCUT2D eigenvalue weighted by molar-refractivity contribution is 0.0944. The molecule has 0 bridgehead atoms. The first-order valence-electron chi connectivity index (χ1n) is 5.34. The molecular weight excluding hydrogens is 252 g/mol. The Morgan fingerprint density at radius 2 is 2.00 bits per heavy atom. The average molecular weight is 268 g/mol. The number of aromatic hydroxyl groups is 2. The van der Waals surface area contributed by atoms with E-state index >= 15 is 0 Å². The number of phenolic OH excluding ortho intramolecular Hbond substituents is 2. The maximum atomic E-state index is 11.8. The Kier molecular flexibility index (Phi) is 4.13. The molecule has 18 heavy (non-hydrogen) atoms. The van der Waals surface area contributed by atoms with E-state index in [0.29, 0.717) is 11.5 Å². The summed E-state index contributed by atoms with van der Waals surface area (Å²) in [6, 6.07) is 3.86. The Morgan fingerprint density at radius 3 is 2.50 bits per heavy atom. The van der Waals surface area contributed by atoms with Crippen LogP contribution in [-0.2, 0) is 0 Å². The number of hydrogen-bond acceptors (Lipinski definition) is 4. The number of thiocarbonyl (C=S) groups is 1. The number of benzene rings is 1. The zero-order valence-corrected chi connectivity index (χ0v) is 11.0. The van der Waals surface area contributed by atoms with Gasteiger partial charge in [0.15, 0.2) is 11.5 Å². The number of nitrogens with one attached hydrogen (secondary N) is 1. The summed E-state index contributed by atoms with van der Waals surface area (Å²) in [7, 11) is 0. The fraction of sp³-hybridized carbons (Fsp3) is 0.333. The van der Waals surface area contributed by atoms with E-state index in [1.807, 2.05) is 13.8 Å². The standard InChI is InChI=1S/C12H16N2O3S/c1-12(2,11(13)18)6-14-10(17)7-3-4-8(15)9(16)5-7/h3-5,15-16H,6H2,1-2H3,(H2,13,18)(H,14,17). The van der Waals surface area contributed by atoms with Crippen LogP contribution in [-0.4, -0.2) is 27.7 Å². The Balaban J connectivity index is 2.72. The molecule has 0 saturated heterocycles. The van der Waals surface area contributed by atoms with Gasteiger partial charge in [-0.25, -0.2) is 0 Å². The van der Waals surface area contributed by atoms with Crippen molar-refractivity contribution in [1.82, 2.24) is 5.32 Å². The van der Waals surface area contributed by atoms with Crippen molar-refractivity contribution in [1.29, 1.82) is 0 Å². The summed E-state index contributed by atoms with van der Waals surface area (Å²) < 4.78 is 0. The molecule has 98 valence electrons. The maximum absolute atomic E-state index is 11.8. The van der Waals surface area contributed by atoms with E-state index in [4.69, 9.17) is 23.1 Å². The maximum Gasteiger partial charge on any atom is 0.251 e. The molecule has 1 amide bonds. The summed E-state index contributed by atoms with van der Waals surface area (Å²) in [5.41, 5.74) is 5.32. The molecule has 1 aromatic carbocycles. The van der Waals surface area contributed by atoms with E-state index in [1.54, 1.807) is 0 Å². The SMILES string of the molecule is CC(C)(CNC(=O)c1ccc(O)c(O)c1)C(N)=S. The van der Waals surface area contributed by atoms with E-state index in [-0.39, 0.29) is 23.0 Å². The van der Waals surface area contributed by atoms with Crippen molar-refractivity contribution in [3.8, 4) is 11.5 Å². The molecule has 0 aliphatic carbocycles. The van der Waals surface area contributed by atoms with Gasteiger partial charge in [0.05, 0.1) is 4.99 Å². The largest absolute Gasteiger partial charge is 0.504 e. The fourth-order valence-electron chi connectivity index (χ4n) is 1.16. The zero-order chi connectivity index (χ0) is 13.9. The lowest BCUT2D eigenvalue weighted by Gasteiger charge is -2.23. The van der Waals surface area contributed by atoms with Crippen LogP contribution < -0.4 is 11.1 Å². The van der Waals surface area contributed by atoms with Gasteiger partial charge in [-0.3, -0.25) is 4.79 Å². The molecular formula is C12H16N2O3S. The second-order valence-corrected chi connectivity index (χ2v) is 5.07. The third kappa shape index (κ3) is 3.33. The van der Waals surface area contributed by atoms with Gasteiger partial charge in [-0.15, -0.1) is 0 Å². The first kappa shape index (κ1) is 14.2. The van der Waals surface area contributed by atoms with Crippen molar-refractivity contribution in [2.75, 3.05) is 6.54 Å². The summed E-state index contributed by atoms with van der Waals surface area (Å²) in [4.78, 5) is 12.1. The molecule has 0 radical (unpaired) electrons. The number of rotatable bonds is 4. The summed E-state index contributed by atoms with van der Waals surface area (Å²) in [5.74, 6) is -0.971. The minimum Gasteiger partial charge on any atom is -0.504 e. The molecule has 0 saturated carbocycles. The molecule has 6 heteroatoms. The van der Waals surface area contributed by atoms with Gasteiger partial charge in [0.2, 0.25) is 0 Å². The van der Waals surface area contributed by atoms with E-state index < -0.39 is 5.41 Å². The van der Waals surface area contributed by atoms with Crippen molar-refractivity contribution in [3.05, 3.63) is 23.8 Å². The van der Waals surface area contributed by atoms with Crippen molar-refractivity contribution >= 4 is 23.1 Å². The lowest BCUT2D eigenvalue weighted by Crippen LogP contribution is -2.41. The van der Waals surface area contributed by atoms with Crippen molar-refractivity contribution in [3.63, 3.8) is 0 Å². The van der Waals surface area contributed by atoms with Gasteiger partial charge >= 0.3 is 0 Å². The molecule has 0 spiro atoms. The van der Waals surface area contributed by atoms with E-state index in [0.717, 1.165) is 0 Å². The lowest BCUT2D eigenvalue weighted by atomic mass is 9.93. The number of carbonyl (C=O) groups is 1. The molecule has 0 heterocycles. The first-order chi connectivity index (χ1) is 8.24. The predicted octanol–water partition coefficient (Wildman–Crippen LogP) is 1.14. The number of phenols is 2. The quantitative estimate of drug-likeness (QED) is 0.485. The Morgan fingerprint density at radius 1 is 1.39 bits per heavy atom. The predicted molar refractivity (Wildman–Crippen MR) is 72.7 cm³/mol. The van der Waals surface area contributed by atoms with Crippen molar-refractivity contribution in [2.45, 2.75) is 13.8 Å². The highest BCUT2D eigenvalue weighted by molar-refractivity contribution is 7.80. The van der Waals surface area contributed by atoms with Crippen LogP contribution in [0.25, 0.3) is 0 Å². The van der Waals surface area contributed by atoms with Crippen LogP contribution in [0.3, 0.4) is 0 Å². The number of carbonyl (C=O) groups excluding carboxylic acids is 1. The Labute approximate surface area is 111 Å². The van der Waals surface area contributed by atoms with E-state index in [9.17, 15) is 9.90 Å². The summed E-state index contributed by atoms with van der Waals surface area (Å²) in [6.07, 6.45) is 0. The molecule has 0 aliphatic rings. The molecule has 0 atom stereocenters. The smallest absolute Gasteiger partial charge is 0.251 e. The topological polar surface area (TPSA) is 95.6 Å².